The molecule has 6 rings (SSSR count). The number of carbonyl (C=O) groups is 1. The first-order valence-corrected chi connectivity index (χ1v) is 11.4. The molecule has 6 aromatic rings. The molecule has 0 radical (unpaired) electrons. The quantitative estimate of drug-likeness (QED) is 0.294. The van der Waals surface area contributed by atoms with Gasteiger partial charge in [-0.25, -0.2) is 14.4 Å². The standard InChI is InChI=1S/C27H20FN7O/c1-2-23(36)31-19-10-16(12-29-14-19)17-11-21-25(34-35-26(21)30-13-17)27-32-22-5-3-4-20(24(22)33-27)15-6-8-18(28)9-7-15/h3-14H,2H2,1H3,(H,31,36)(H,32,33)(H,30,34,35). The number of aromatic amines is 2. The van der Waals surface area contributed by atoms with Crippen LogP contribution >= 0.6 is 0 Å². The van der Waals surface area contributed by atoms with Crippen molar-refractivity contribution < 1.29 is 9.18 Å². The fraction of sp³-hybridized carbons (Fsp3) is 0.0741. The van der Waals surface area contributed by atoms with E-state index in [9.17, 15) is 9.18 Å². The molecule has 0 unspecified atom stereocenters. The number of hydrogen-bond acceptors (Lipinski definition) is 5. The summed E-state index contributed by atoms with van der Waals surface area (Å²) in [7, 11) is 0. The molecule has 3 N–H and O–H groups in total. The molecule has 0 aliphatic heterocycles. The second kappa shape index (κ2) is 8.70. The lowest BCUT2D eigenvalue weighted by molar-refractivity contribution is -0.115. The lowest BCUT2D eigenvalue weighted by Crippen LogP contribution is -2.09. The number of halogens is 1. The van der Waals surface area contributed by atoms with E-state index in [0.29, 0.717) is 29.3 Å². The summed E-state index contributed by atoms with van der Waals surface area (Å²) < 4.78 is 13.4. The monoisotopic (exact) mass is 477 g/mol. The molecule has 0 aliphatic carbocycles. The number of anilines is 1. The van der Waals surface area contributed by atoms with Gasteiger partial charge in [-0.3, -0.25) is 14.9 Å². The molecule has 0 saturated carbocycles. The molecule has 36 heavy (non-hydrogen) atoms. The van der Waals surface area contributed by atoms with Crippen molar-refractivity contribution in [2.45, 2.75) is 13.3 Å². The van der Waals surface area contributed by atoms with Gasteiger partial charge in [-0.1, -0.05) is 31.2 Å². The first-order chi connectivity index (χ1) is 17.6. The highest BCUT2D eigenvalue weighted by Gasteiger charge is 2.16. The summed E-state index contributed by atoms with van der Waals surface area (Å²) in [6.45, 7) is 1.80. The van der Waals surface area contributed by atoms with Crippen LogP contribution in [0.4, 0.5) is 10.1 Å². The molecule has 1 amide bonds. The minimum Gasteiger partial charge on any atom is -0.337 e. The van der Waals surface area contributed by atoms with Crippen LogP contribution in [-0.4, -0.2) is 36.0 Å². The molecule has 176 valence electrons. The van der Waals surface area contributed by atoms with Gasteiger partial charge in [0.2, 0.25) is 5.91 Å². The van der Waals surface area contributed by atoms with E-state index in [0.717, 1.165) is 38.7 Å². The van der Waals surface area contributed by atoms with Gasteiger partial charge >= 0.3 is 0 Å². The second-order valence-electron chi connectivity index (χ2n) is 8.35. The number of imidazole rings is 1. The van der Waals surface area contributed by atoms with Gasteiger partial charge in [0.15, 0.2) is 11.5 Å². The molecule has 0 fully saturated rings. The highest BCUT2D eigenvalue weighted by atomic mass is 19.1. The maximum atomic E-state index is 13.4. The van der Waals surface area contributed by atoms with E-state index in [1.807, 2.05) is 30.3 Å². The molecule has 0 spiro atoms. The molecule has 0 aliphatic rings. The summed E-state index contributed by atoms with van der Waals surface area (Å²) in [6.07, 6.45) is 5.45. The van der Waals surface area contributed by atoms with Crippen LogP contribution in [0.2, 0.25) is 0 Å². The second-order valence-corrected chi connectivity index (χ2v) is 8.35. The predicted molar refractivity (Wildman–Crippen MR) is 137 cm³/mol. The Morgan fingerprint density at radius 3 is 2.67 bits per heavy atom. The molecular weight excluding hydrogens is 457 g/mol. The van der Waals surface area contributed by atoms with Crippen LogP contribution in [-0.2, 0) is 4.79 Å². The molecule has 9 heteroatoms. The summed E-state index contributed by atoms with van der Waals surface area (Å²) in [5, 5.41) is 11.1. The SMILES string of the molecule is CCC(=O)Nc1cncc(-c2cnc3[nH]nc(-c4nc5c(-c6ccc(F)cc6)cccc5[nH]4)c3c2)c1. The van der Waals surface area contributed by atoms with Crippen molar-refractivity contribution in [3.8, 4) is 33.8 Å². The molecule has 4 heterocycles. The van der Waals surface area contributed by atoms with Crippen LogP contribution in [0.25, 0.3) is 55.8 Å². The maximum absolute atomic E-state index is 13.4. The van der Waals surface area contributed by atoms with E-state index >= 15 is 0 Å². The Morgan fingerprint density at radius 1 is 1.00 bits per heavy atom. The van der Waals surface area contributed by atoms with Crippen LogP contribution in [0, 0.1) is 5.82 Å². The average Bonchev–Trinajstić information content (AvgIpc) is 3.53. The fourth-order valence-electron chi connectivity index (χ4n) is 4.16. The van der Waals surface area contributed by atoms with Gasteiger partial charge in [-0.05, 0) is 35.9 Å². The Hall–Kier alpha value is -4.92. The van der Waals surface area contributed by atoms with Gasteiger partial charge in [-0.2, -0.15) is 5.10 Å². The van der Waals surface area contributed by atoms with Crippen molar-refractivity contribution in [1.29, 1.82) is 0 Å². The average molecular weight is 478 g/mol. The number of nitrogens with one attached hydrogen (secondary N) is 3. The summed E-state index contributed by atoms with van der Waals surface area (Å²) >= 11 is 0. The number of fused-ring (bicyclic) bond motifs is 2. The minimum atomic E-state index is -0.284. The summed E-state index contributed by atoms with van der Waals surface area (Å²) in [5.41, 5.74) is 6.89. The van der Waals surface area contributed by atoms with Crippen LogP contribution in [0.15, 0.2) is 73.2 Å². The Labute approximate surface area is 204 Å². The largest absolute Gasteiger partial charge is 0.337 e. The fourth-order valence-corrected chi connectivity index (χ4v) is 4.16. The van der Waals surface area contributed by atoms with E-state index < -0.39 is 0 Å². The molecule has 8 nitrogen and oxygen atoms in total. The Balaban J connectivity index is 1.42. The van der Waals surface area contributed by atoms with Gasteiger partial charge in [0.05, 0.1) is 28.3 Å². The number of nitrogens with zero attached hydrogens (tertiary/aromatic N) is 4. The normalized spacial score (nSPS) is 11.3. The van der Waals surface area contributed by atoms with Gasteiger partial charge < -0.3 is 10.3 Å². The number of rotatable bonds is 5. The highest BCUT2D eigenvalue weighted by Crippen LogP contribution is 2.32. The van der Waals surface area contributed by atoms with Gasteiger partial charge in [0, 0.05) is 35.5 Å². The van der Waals surface area contributed by atoms with Crippen LogP contribution < -0.4 is 5.32 Å². The van der Waals surface area contributed by atoms with Gasteiger partial charge in [0.25, 0.3) is 0 Å². The molecular formula is C27H20FN7O. The molecule has 0 saturated heterocycles. The third-order valence-corrected chi connectivity index (χ3v) is 5.99. The Kier molecular flexibility index (Phi) is 5.22. The minimum absolute atomic E-state index is 0.0791. The number of benzene rings is 2. The summed E-state index contributed by atoms with van der Waals surface area (Å²) in [4.78, 5) is 28.8. The predicted octanol–water partition coefficient (Wildman–Crippen LogP) is 5.72. The van der Waals surface area contributed by atoms with Gasteiger partial charge in [-0.15, -0.1) is 0 Å². The van der Waals surface area contributed by atoms with Crippen molar-refractivity contribution in [3.05, 3.63) is 79.0 Å². The van der Waals surface area contributed by atoms with E-state index in [-0.39, 0.29) is 11.7 Å². The zero-order valence-electron chi connectivity index (χ0n) is 19.2. The van der Waals surface area contributed by atoms with Crippen molar-refractivity contribution >= 4 is 33.7 Å². The molecule has 0 atom stereocenters. The van der Waals surface area contributed by atoms with Crippen molar-refractivity contribution in [1.82, 2.24) is 30.1 Å². The van der Waals surface area contributed by atoms with Crippen LogP contribution in [0.3, 0.4) is 0 Å². The zero-order chi connectivity index (χ0) is 24.6. The number of carbonyl (C=O) groups excluding carboxylic acids is 1. The molecule has 0 bridgehead atoms. The molecule has 4 aromatic heterocycles. The van der Waals surface area contributed by atoms with Crippen LogP contribution in [0.5, 0.6) is 0 Å². The lowest BCUT2D eigenvalue weighted by atomic mass is 10.0. The van der Waals surface area contributed by atoms with Crippen molar-refractivity contribution in [3.63, 3.8) is 0 Å². The number of para-hydroxylation sites is 1. The number of pyridine rings is 2. The molecule has 2 aromatic carbocycles. The highest BCUT2D eigenvalue weighted by molar-refractivity contribution is 5.97. The maximum Gasteiger partial charge on any atom is 0.224 e. The smallest absolute Gasteiger partial charge is 0.224 e. The third kappa shape index (κ3) is 3.86. The van der Waals surface area contributed by atoms with E-state index in [1.54, 1.807) is 37.6 Å². The Morgan fingerprint density at radius 2 is 1.83 bits per heavy atom. The topological polar surface area (TPSA) is 112 Å². The lowest BCUT2D eigenvalue weighted by Gasteiger charge is -2.06. The van der Waals surface area contributed by atoms with Gasteiger partial charge in [0.1, 0.15) is 11.5 Å². The summed E-state index contributed by atoms with van der Waals surface area (Å²) in [6, 6.07) is 16.0. The van der Waals surface area contributed by atoms with Crippen molar-refractivity contribution in [2.75, 3.05) is 5.32 Å². The number of aromatic nitrogens is 6. The zero-order valence-corrected chi connectivity index (χ0v) is 19.2. The first-order valence-electron chi connectivity index (χ1n) is 11.4. The summed E-state index contributed by atoms with van der Waals surface area (Å²) in [5.74, 6) is 0.227. The van der Waals surface area contributed by atoms with E-state index in [2.05, 4.69) is 30.5 Å². The van der Waals surface area contributed by atoms with Crippen LogP contribution in [0.1, 0.15) is 13.3 Å². The van der Waals surface area contributed by atoms with E-state index in [1.165, 1.54) is 12.1 Å². The first kappa shape index (κ1) is 21.6. The van der Waals surface area contributed by atoms with Crippen molar-refractivity contribution in [2.24, 2.45) is 0 Å². The Bertz CT molecular complexity index is 1740. The number of amides is 1. The number of H-pyrrole nitrogens is 2. The third-order valence-electron chi connectivity index (χ3n) is 5.99. The number of hydrogen-bond donors (Lipinski definition) is 3. The van der Waals surface area contributed by atoms with E-state index in [4.69, 9.17) is 4.98 Å².